The average Bonchev–Trinajstić information content (AvgIpc) is 2.49. The summed E-state index contributed by atoms with van der Waals surface area (Å²) in [4.78, 5) is 13.3. The van der Waals surface area contributed by atoms with Crippen LogP contribution in [0.5, 0.6) is 0 Å². The van der Waals surface area contributed by atoms with E-state index in [1.807, 2.05) is 6.92 Å². The Morgan fingerprint density at radius 3 is 3.00 bits per heavy atom. The second-order valence-corrected chi connectivity index (χ2v) is 4.10. The van der Waals surface area contributed by atoms with Crippen LogP contribution < -0.4 is 16.0 Å². The Morgan fingerprint density at radius 1 is 1.67 bits per heavy atom. The van der Waals surface area contributed by atoms with Crippen molar-refractivity contribution in [2.45, 2.75) is 13.0 Å². The number of halogens is 1. The molecule has 0 saturated heterocycles. The summed E-state index contributed by atoms with van der Waals surface area (Å²) >= 11 is 1.36. The average molecular weight is 249 g/mol. The first kappa shape index (κ1) is 12.2. The Hall–Kier alpha value is -0.850. The fraction of sp³-hybridized carbons (Fsp3) is 0.500. The summed E-state index contributed by atoms with van der Waals surface area (Å²) in [5.74, 6) is -0.0699. The van der Waals surface area contributed by atoms with Gasteiger partial charge in [-0.3, -0.25) is 4.79 Å². The van der Waals surface area contributed by atoms with Crippen molar-refractivity contribution in [2.75, 3.05) is 23.8 Å². The van der Waals surface area contributed by atoms with E-state index < -0.39 is 6.04 Å². The largest absolute Gasteiger partial charge is 0.372 e. The molecule has 0 spiro atoms. The van der Waals surface area contributed by atoms with E-state index in [0.29, 0.717) is 6.54 Å². The molecule has 1 aliphatic heterocycles. The predicted octanol–water partition coefficient (Wildman–Crippen LogP) is 0.589. The third-order valence-corrected chi connectivity index (χ3v) is 3.18. The molecule has 0 fully saturated rings. The highest BCUT2D eigenvalue weighted by Gasteiger charge is 2.27. The maximum Gasteiger partial charge on any atom is 0.245 e. The Kier molecular flexibility index (Phi) is 3.54. The van der Waals surface area contributed by atoms with Gasteiger partial charge in [-0.25, -0.2) is 0 Å². The first-order valence-electron chi connectivity index (χ1n) is 4.34. The molecule has 3 N–H and O–H groups in total. The van der Waals surface area contributed by atoms with Gasteiger partial charge in [0.1, 0.15) is 16.7 Å². The maximum atomic E-state index is 11.7. The number of amides is 1. The molecule has 1 atom stereocenters. The van der Waals surface area contributed by atoms with Crippen molar-refractivity contribution in [1.82, 2.24) is 4.37 Å². The molecule has 5 nitrogen and oxygen atoms in total. The molecule has 1 aromatic heterocycles. The Bertz CT molecular complexity index is 381. The van der Waals surface area contributed by atoms with Gasteiger partial charge in [0.15, 0.2) is 0 Å². The van der Waals surface area contributed by atoms with Gasteiger partial charge in [-0.2, -0.15) is 4.37 Å². The Balaban J connectivity index is 0.00000112. The number of nitrogens with two attached hydrogens (primary N) is 1. The van der Waals surface area contributed by atoms with E-state index in [9.17, 15) is 4.79 Å². The van der Waals surface area contributed by atoms with Crippen LogP contribution in [0.25, 0.3) is 0 Å². The SMILES string of the molecule is Cc1nsc2c1N(C)C(=O)[C@@H](N)CN2.Cl. The van der Waals surface area contributed by atoms with Crippen molar-refractivity contribution in [2.24, 2.45) is 5.73 Å². The number of nitrogens with one attached hydrogen (secondary N) is 1. The van der Waals surface area contributed by atoms with Gasteiger partial charge < -0.3 is 16.0 Å². The summed E-state index contributed by atoms with van der Waals surface area (Å²) in [5, 5.41) is 4.05. The number of hydrogen-bond acceptors (Lipinski definition) is 5. The second-order valence-electron chi connectivity index (χ2n) is 3.33. The minimum Gasteiger partial charge on any atom is -0.372 e. The van der Waals surface area contributed by atoms with Crippen LogP contribution in [0.3, 0.4) is 0 Å². The van der Waals surface area contributed by atoms with Crippen LogP contribution in [0.15, 0.2) is 0 Å². The molecule has 84 valence electrons. The molecule has 1 amide bonds. The van der Waals surface area contributed by atoms with Crippen LogP contribution in [-0.4, -0.2) is 29.9 Å². The zero-order chi connectivity index (χ0) is 10.3. The van der Waals surface area contributed by atoms with Gasteiger partial charge >= 0.3 is 0 Å². The molecular formula is C8H13ClN4OS. The molecule has 0 aromatic carbocycles. The zero-order valence-electron chi connectivity index (χ0n) is 8.48. The number of carbonyl (C=O) groups is 1. The molecule has 0 aliphatic carbocycles. The minimum atomic E-state index is -0.473. The van der Waals surface area contributed by atoms with Crippen LogP contribution in [-0.2, 0) is 4.79 Å². The van der Waals surface area contributed by atoms with E-state index in [-0.39, 0.29) is 18.3 Å². The molecule has 0 unspecified atom stereocenters. The predicted molar refractivity (Wildman–Crippen MR) is 64.0 cm³/mol. The quantitative estimate of drug-likeness (QED) is 0.705. The first-order chi connectivity index (χ1) is 6.61. The lowest BCUT2D eigenvalue weighted by Gasteiger charge is -2.16. The van der Waals surface area contributed by atoms with Gasteiger partial charge in [-0.1, -0.05) is 0 Å². The summed E-state index contributed by atoms with van der Waals surface area (Å²) in [6.07, 6.45) is 0. The number of likely N-dealkylation sites (N-methyl/N-ethyl adjacent to an activating group) is 1. The molecule has 0 radical (unpaired) electrons. The molecule has 15 heavy (non-hydrogen) atoms. The zero-order valence-corrected chi connectivity index (χ0v) is 10.1. The van der Waals surface area contributed by atoms with Crippen LogP contribution in [0.4, 0.5) is 10.7 Å². The maximum absolute atomic E-state index is 11.7. The van der Waals surface area contributed by atoms with E-state index in [2.05, 4.69) is 9.69 Å². The van der Waals surface area contributed by atoms with Crippen LogP contribution in [0.1, 0.15) is 5.69 Å². The van der Waals surface area contributed by atoms with E-state index in [1.165, 1.54) is 11.5 Å². The fourth-order valence-electron chi connectivity index (χ4n) is 1.52. The number of anilines is 2. The third-order valence-electron chi connectivity index (χ3n) is 2.30. The van der Waals surface area contributed by atoms with E-state index in [0.717, 1.165) is 16.4 Å². The van der Waals surface area contributed by atoms with Crippen molar-refractivity contribution in [1.29, 1.82) is 0 Å². The molecule has 2 rings (SSSR count). The molecule has 7 heteroatoms. The van der Waals surface area contributed by atoms with Gasteiger partial charge in [-0.15, -0.1) is 12.4 Å². The van der Waals surface area contributed by atoms with Crippen molar-refractivity contribution >= 4 is 40.5 Å². The van der Waals surface area contributed by atoms with Gasteiger partial charge in [0, 0.05) is 13.6 Å². The van der Waals surface area contributed by atoms with E-state index >= 15 is 0 Å². The number of hydrogen-bond donors (Lipinski definition) is 2. The summed E-state index contributed by atoms with van der Waals surface area (Å²) in [6.45, 7) is 2.36. The molecule has 2 heterocycles. The van der Waals surface area contributed by atoms with Crippen molar-refractivity contribution in [3.8, 4) is 0 Å². The summed E-state index contributed by atoms with van der Waals surface area (Å²) < 4.78 is 4.19. The standard InChI is InChI=1S/C8H12N4OS.ClH/c1-4-6-7(14-11-4)10-3-5(9)8(13)12(6)2;/h5,10H,3,9H2,1-2H3;1H/t5-;/m0./s1. The molecular weight excluding hydrogens is 236 g/mol. The van der Waals surface area contributed by atoms with Gasteiger partial charge in [0.2, 0.25) is 5.91 Å². The van der Waals surface area contributed by atoms with E-state index in [4.69, 9.17) is 5.73 Å². The lowest BCUT2D eigenvalue weighted by molar-refractivity contribution is -0.119. The molecule has 0 bridgehead atoms. The highest BCUT2D eigenvalue weighted by molar-refractivity contribution is 7.11. The molecule has 0 saturated carbocycles. The van der Waals surface area contributed by atoms with Crippen LogP contribution in [0.2, 0.25) is 0 Å². The first-order valence-corrected chi connectivity index (χ1v) is 5.12. The van der Waals surface area contributed by atoms with Gasteiger partial charge in [0.05, 0.1) is 5.69 Å². The highest BCUT2D eigenvalue weighted by Crippen LogP contribution is 2.34. The smallest absolute Gasteiger partial charge is 0.245 e. The number of rotatable bonds is 0. The number of fused-ring (bicyclic) bond motifs is 1. The van der Waals surface area contributed by atoms with Gasteiger partial charge in [-0.05, 0) is 18.5 Å². The van der Waals surface area contributed by atoms with Crippen molar-refractivity contribution in [3.05, 3.63) is 5.69 Å². The number of carbonyl (C=O) groups excluding carboxylic acids is 1. The molecule has 1 aromatic rings. The monoisotopic (exact) mass is 248 g/mol. The number of nitrogens with zero attached hydrogens (tertiary/aromatic N) is 2. The topological polar surface area (TPSA) is 71.2 Å². The number of aryl methyl sites for hydroxylation is 1. The van der Waals surface area contributed by atoms with Gasteiger partial charge in [0.25, 0.3) is 0 Å². The Morgan fingerprint density at radius 2 is 2.33 bits per heavy atom. The Labute approximate surface area is 98.2 Å². The summed E-state index contributed by atoms with van der Waals surface area (Å²) in [6, 6.07) is -0.473. The van der Waals surface area contributed by atoms with Crippen LogP contribution >= 0.6 is 23.9 Å². The fourth-order valence-corrected chi connectivity index (χ4v) is 2.36. The third kappa shape index (κ3) is 1.92. The highest BCUT2D eigenvalue weighted by atomic mass is 35.5. The van der Waals surface area contributed by atoms with Crippen molar-refractivity contribution in [3.63, 3.8) is 0 Å². The summed E-state index contributed by atoms with van der Waals surface area (Å²) in [7, 11) is 1.73. The summed E-state index contributed by atoms with van der Waals surface area (Å²) in [5.41, 5.74) is 7.41. The second kappa shape index (κ2) is 4.34. The lowest BCUT2D eigenvalue weighted by Crippen LogP contribution is -2.43. The lowest BCUT2D eigenvalue weighted by atomic mass is 10.3. The van der Waals surface area contributed by atoms with Crippen molar-refractivity contribution < 1.29 is 4.79 Å². The minimum absolute atomic E-state index is 0. The van der Waals surface area contributed by atoms with Crippen LogP contribution in [0, 0.1) is 6.92 Å². The molecule has 1 aliphatic rings. The normalized spacial score (nSPS) is 20.1. The van der Waals surface area contributed by atoms with E-state index in [1.54, 1.807) is 11.9 Å². The number of aromatic nitrogens is 1.